The molecule has 0 aliphatic carbocycles. The van der Waals surface area contributed by atoms with Crippen molar-refractivity contribution in [1.82, 2.24) is 0 Å². The van der Waals surface area contributed by atoms with Crippen molar-refractivity contribution in [3.05, 3.63) is 0 Å². The minimum atomic E-state index is -1.95. The van der Waals surface area contributed by atoms with Gasteiger partial charge in [-0.05, 0) is 32.9 Å². The zero-order chi connectivity index (χ0) is 12.2. The van der Waals surface area contributed by atoms with Crippen LogP contribution in [0.3, 0.4) is 0 Å². The third-order valence-electron chi connectivity index (χ3n) is 2.28. The van der Waals surface area contributed by atoms with Crippen LogP contribution < -0.4 is 0 Å². The molecule has 0 aromatic carbocycles. The highest BCUT2D eigenvalue weighted by Gasteiger charge is 2.32. The zero-order valence-electron chi connectivity index (χ0n) is 10.1. The molecule has 16 heavy (non-hydrogen) atoms. The van der Waals surface area contributed by atoms with Crippen molar-refractivity contribution >= 4 is 28.9 Å². The van der Waals surface area contributed by atoms with Crippen LogP contribution in [0.4, 0.5) is 0 Å². The van der Waals surface area contributed by atoms with E-state index in [1.165, 1.54) is 0 Å². The fraction of sp³-hybridized carbons (Fsp3) is 1.00. The molecule has 1 aliphatic rings. The van der Waals surface area contributed by atoms with Gasteiger partial charge in [0.25, 0.3) is 0 Å². The lowest BCUT2D eigenvalue weighted by Crippen LogP contribution is -2.24. The minimum Gasteiger partial charge on any atom is -0.379 e. The van der Waals surface area contributed by atoms with Crippen LogP contribution in [-0.2, 0) is 14.2 Å². The summed E-state index contributed by atoms with van der Waals surface area (Å²) in [5.41, 5.74) is 0. The summed E-state index contributed by atoms with van der Waals surface area (Å²) in [6, 6.07) is 0.865. The van der Waals surface area contributed by atoms with Gasteiger partial charge in [-0.3, -0.25) is 0 Å². The second kappa shape index (κ2) is 6.02. The van der Waals surface area contributed by atoms with Gasteiger partial charge in [0.15, 0.2) is 5.79 Å². The molecular formula is C10H20Cl2O3Si. The summed E-state index contributed by atoms with van der Waals surface area (Å²) in [6.45, 7) is 5.65. The third-order valence-corrected chi connectivity index (χ3v) is 4.64. The predicted molar refractivity (Wildman–Crippen MR) is 68.5 cm³/mol. The Morgan fingerprint density at radius 1 is 1.44 bits per heavy atom. The molecule has 6 heteroatoms. The summed E-state index contributed by atoms with van der Waals surface area (Å²) in [5.74, 6) is -0.466. The van der Waals surface area contributed by atoms with Crippen molar-refractivity contribution in [2.75, 3.05) is 19.8 Å². The lowest BCUT2D eigenvalue weighted by Gasteiger charge is -2.17. The first-order valence-corrected chi connectivity index (χ1v) is 10.3. The molecule has 0 aromatic rings. The van der Waals surface area contributed by atoms with Crippen molar-refractivity contribution < 1.29 is 14.2 Å². The maximum Gasteiger partial charge on any atom is 0.248 e. The van der Waals surface area contributed by atoms with Crippen molar-refractivity contribution in [2.45, 2.75) is 44.8 Å². The molecule has 1 rings (SSSR count). The van der Waals surface area contributed by atoms with Crippen molar-refractivity contribution in [1.29, 1.82) is 0 Å². The Balaban J connectivity index is 2.00. The molecule has 1 fully saturated rings. The molecule has 0 radical (unpaired) electrons. The van der Waals surface area contributed by atoms with Gasteiger partial charge in [-0.2, -0.15) is 0 Å². The zero-order valence-corrected chi connectivity index (χ0v) is 12.6. The molecular weight excluding hydrogens is 267 g/mol. The molecule has 1 aliphatic heterocycles. The maximum absolute atomic E-state index is 5.98. The Kier molecular flexibility index (Phi) is 5.55. The Bertz CT molecular complexity index is 219. The van der Waals surface area contributed by atoms with Crippen LogP contribution in [-0.4, -0.2) is 38.4 Å². The Hall–Kier alpha value is 0.677. The molecule has 1 atom stereocenters. The highest BCUT2D eigenvalue weighted by molar-refractivity contribution is 7.44. The van der Waals surface area contributed by atoms with Crippen LogP contribution in [0, 0.1) is 0 Å². The standard InChI is InChI=1S/C10H20Cl2O3Si/c1-10(2)14-8-9(15-10)7-13-5-4-6-16(3,11)12/h9H,4-8H2,1-3H3. The highest BCUT2D eigenvalue weighted by Crippen LogP contribution is 2.23. The van der Waals surface area contributed by atoms with E-state index >= 15 is 0 Å². The largest absolute Gasteiger partial charge is 0.379 e. The van der Waals surface area contributed by atoms with Crippen LogP contribution in [0.5, 0.6) is 0 Å². The monoisotopic (exact) mass is 286 g/mol. The fourth-order valence-corrected chi connectivity index (χ4v) is 3.11. The summed E-state index contributed by atoms with van der Waals surface area (Å²) in [7, 11) is 0. The lowest BCUT2D eigenvalue weighted by molar-refractivity contribution is -0.145. The Morgan fingerprint density at radius 3 is 2.62 bits per heavy atom. The summed E-state index contributed by atoms with van der Waals surface area (Å²) < 4.78 is 16.5. The second-order valence-electron chi connectivity index (χ2n) is 4.70. The first kappa shape index (κ1) is 14.7. The second-order valence-corrected chi connectivity index (χ2v) is 12.9. The normalized spacial score (nSPS) is 24.9. The Labute approximate surface area is 108 Å². The third kappa shape index (κ3) is 6.42. The van der Waals surface area contributed by atoms with E-state index in [0.29, 0.717) is 19.8 Å². The number of hydrogen-bond acceptors (Lipinski definition) is 3. The molecule has 0 spiro atoms. The fourth-order valence-electron chi connectivity index (χ4n) is 1.54. The number of hydrogen-bond donors (Lipinski definition) is 0. The van der Waals surface area contributed by atoms with E-state index in [0.717, 1.165) is 12.5 Å². The van der Waals surface area contributed by atoms with Gasteiger partial charge in [-0.15, -0.1) is 22.2 Å². The van der Waals surface area contributed by atoms with E-state index in [1.807, 2.05) is 20.4 Å². The van der Waals surface area contributed by atoms with Gasteiger partial charge in [0.2, 0.25) is 6.69 Å². The molecule has 0 amide bonds. The van der Waals surface area contributed by atoms with Crippen LogP contribution in [0.25, 0.3) is 0 Å². The highest BCUT2D eigenvalue weighted by atomic mass is 35.7. The minimum absolute atomic E-state index is 0.0469. The van der Waals surface area contributed by atoms with E-state index in [2.05, 4.69) is 0 Å². The molecule has 0 bridgehead atoms. The molecule has 96 valence electrons. The lowest BCUT2D eigenvalue weighted by atomic mass is 10.4. The Morgan fingerprint density at radius 2 is 2.12 bits per heavy atom. The number of rotatable bonds is 6. The summed E-state index contributed by atoms with van der Waals surface area (Å²) in [5, 5.41) is 0. The number of ether oxygens (including phenoxy) is 3. The van der Waals surface area contributed by atoms with Crippen LogP contribution in [0.1, 0.15) is 20.3 Å². The first-order chi connectivity index (χ1) is 7.29. The van der Waals surface area contributed by atoms with Gasteiger partial charge in [0.1, 0.15) is 6.10 Å². The molecule has 0 saturated carbocycles. The molecule has 1 heterocycles. The van der Waals surface area contributed by atoms with E-state index in [4.69, 9.17) is 36.4 Å². The molecule has 1 unspecified atom stereocenters. The smallest absolute Gasteiger partial charge is 0.248 e. The summed E-state index contributed by atoms with van der Waals surface area (Å²) in [6.07, 6.45) is 0.956. The number of halogens is 2. The molecule has 0 N–H and O–H groups in total. The van der Waals surface area contributed by atoms with Crippen molar-refractivity contribution in [3.8, 4) is 0 Å². The predicted octanol–water partition coefficient (Wildman–Crippen LogP) is 3.09. The van der Waals surface area contributed by atoms with Crippen LogP contribution in [0.2, 0.25) is 12.6 Å². The SMILES string of the molecule is CC1(C)OCC(COCCC[Si](C)(Cl)Cl)O1. The maximum atomic E-state index is 5.98. The summed E-state index contributed by atoms with van der Waals surface area (Å²) in [4.78, 5) is 0. The quantitative estimate of drug-likeness (QED) is 0.427. The van der Waals surface area contributed by atoms with Gasteiger partial charge in [0.05, 0.1) is 13.2 Å². The summed E-state index contributed by atoms with van der Waals surface area (Å²) >= 11 is 12.0. The van der Waals surface area contributed by atoms with E-state index < -0.39 is 12.5 Å². The first-order valence-electron chi connectivity index (χ1n) is 5.56. The van der Waals surface area contributed by atoms with Crippen molar-refractivity contribution in [3.63, 3.8) is 0 Å². The van der Waals surface area contributed by atoms with Gasteiger partial charge in [-0.25, -0.2) is 0 Å². The molecule has 1 saturated heterocycles. The average Bonchev–Trinajstić information content (AvgIpc) is 2.43. The van der Waals surface area contributed by atoms with Gasteiger partial charge < -0.3 is 14.2 Å². The van der Waals surface area contributed by atoms with Gasteiger partial charge >= 0.3 is 0 Å². The van der Waals surface area contributed by atoms with Crippen molar-refractivity contribution in [2.24, 2.45) is 0 Å². The van der Waals surface area contributed by atoms with E-state index in [9.17, 15) is 0 Å². The topological polar surface area (TPSA) is 27.7 Å². The van der Waals surface area contributed by atoms with Gasteiger partial charge in [0, 0.05) is 6.61 Å². The average molecular weight is 287 g/mol. The van der Waals surface area contributed by atoms with Crippen LogP contribution >= 0.6 is 22.2 Å². The molecule has 3 nitrogen and oxygen atoms in total. The van der Waals surface area contributed by atoms with E-state index in [-0.39, 0.29) is 6.10 Å². The molecule has 0 aromatic heterocycles. The van der Waals surface area contributed by atoms with Gasteiger partial charge in [-0.1, -0.05) is 0 Å². The van der Waals surface area contributed by atoms with Crippen LogP contribution in [0.15, 0.2) is 0 Å². The van der Waals surface area contributed by atoms with E-state index in [1.54, 1.807) is 0 Å².